The van der Waals surface area contributed by atoms with Crippen molar-refractivity contribution in [1.29, 1.82) is 0 Å². The first-order chi connectivity index (χ1) is 11.5. The van der Waals surface area contributed by atoms with Gasteiger partial charge in [0, 0.05) is 17.0 Å². The molecule has 24 heavy (non-hydrogen) atoms. The van der Waals surface area contributed by atoms with Crippen LogP contribution in [0, 0.1) is 13.8 Å². The Kier molecular flexibility index (Phi) is 6.23. The molecule has 0 saturated carbocycles. The Bertz CT molecular complexity index is 845. The number of hydrogen-bond acceptors (Lipinski definition) is 4. The van der Waals surface area contributed by atoms with E-state index < -0.39 is 5.69 Å². The Morgan fingerprint density at radius 2 is 1.83 bits per heavy atom. The number of nitrogens with one attached hydrogen (secondary N) is 1. The number of allylic oxidation sites excluding steroid dienone is 1. The van der Waals surface area contributed by atoms with E-state index >= 15 is 0 Å². The second-order valence-corrected chi connectivity index (χ2v) is 6.67. The van der Waals surface area contributed by atoms with Gasteiger partial charge in [0.15, 0.2) is 0 Å². The summed E-state index contributed by atoms with van der Waals surface area (Å²) in [4.78, 5) is 28.7. The van der Waals surface area contributed by atoms with Gasteiger partial charge < -0.3 is 10.1 Å². The largest absolute Gasteiger partial charge is 0.392 e. The van der Waals surface area contributed by atoms with E-state index in [9.17, 15) is 9.59 Å². The van der Waals surface area contributed by atoms with Crippen LogP contribution in [0.1, 0.15) is 23.6 Å². The minimum absolute atomic E-state index is 0.117. The van der Waals surface area contributed by atoms with Crippen LogP contribution in [0.25, 0.3) is 0 Å². The number of aliphatic hydroxyl groups is 1. The average molecular weight is 346 g/mol. The Labute approximate surface area is 145 Å². The van der Waals surface area contributed by atoms with Crippen molar-refractivity contribution >= 4 is 11.8 Å². The number of nitrogens with zero attached hydrogens (tertiary/aromatic N) is 1. The van der Waals surface area contributed by atoms with E-state index in [0.29, 0.717) is 17.0 Å². The third-order valence-electron chi connectivity index (χ3n) is 3.57. The molecule has 0 spiro atoms. The lowest BCUT2D eigenvalue weighted by Gasteiger charge is -2.11. The van der Waals surface area contributed by atoms with Crippen LogP contribution in [0.3, 0.4) is 0 Å². The topological polar surface area (TPSA) is 75.1 Å². The highest BCUT2D eigenvalue weighted by molar-refractivity contribution is 7.99. The predicted octanol–water partition coefficient (Wildman–Crippen LogP) is 2.42. The standard InChI is InChI=1S/C18H22N2O3S/c1-4-15-16(24-14-10-12(2)9-13(3)11-14)19-18(23)20(17(15)22)7-5-6-8-21/h5-6,9-11,21H,4,7-8H2,1-3H3,(H,19,23)/b6-5+. The molecule has 1 heterocycles. The van der Waals surface area contributed by atoms with Crippen LogP contribution in [0.2, 0.25) is 0 Å². The molecule has 0 amide bonds. The molecule has 5 nitrogen and oxygen atoms in total. The molecule has 0 bridgehead atoms. The number of aliphatic hydroxyl groups excluding tert-OH is 1. The second kappa shape index (κ2) is 8.17. The summed E-state index contributed by atoms with van der Waals surface area (Å²) in [6.07, 6.45) is 3.65. The maximum Gasteiger partial charge on any atom is 0.329 e. The van der Waals surface area contributed by atoms with Crippen molar-refractivity contribution in [2.75, 3.05) is 6.61 Å². The molecule has 0 fully saturated rings. The Balaban J connectivity index is 2.46. The summed E-state index contributed by atoms with van der Waals surface area (Å²) < 4.78 is 1.15. The molecule has 128 valence electrons. The SMILES string of the molecule is CCc1c(Sc2cc(C)cc(C)c2)[nH]c(=O)n(C/C=C/CO)c1=O. The van der Waals surface area contributed by atoms with E-state index in [1.165, 1.54) is 17.8 Å². The van der Waals surface area contributed by atoms with Crippen molar-refractivity contribution in [1.82, 2.24) is 9.55 Å². The van der Waals surface area contributed by atoms with Crippen LogP contribution in [0.5, 0.6) is 0 Å². The zero-order valence-corrected chi connectivity index (χ0v) is 14.9. The Hall–Kier alpha value is -2.05. The van der Waals surface area contributed by atoms with Gasteiger partial charge in [-0.2, -0.15) is 0 Å². The van der Waals surface area contributed by atoms with Gasteiger partial charge in [0.05, 0.1) is 11.6 Å². The maximum atomic E-state index is 12.6. The average Bonchev–Trinajstić information content (AvgIpc) is 2.50. The molecular formula is C18H22N2O3S. The van der Waals surface area contributed by atoms with Gasteiger partial charge in [-0.3, -0.25) is 9.36 Å². The number of aromatic nitrogens is 2. The normalized spacial score (nSPS) is 11.3. The van der Waals surface area contributed by atoms with Gasteiger partial charge in [0.25, 0.3) is 5.56 Å². The predicted molar refractivity (Wildman–Crippen MR) is 97.0 cm³/mol. The Morgan fingerprint density at radius 1 is 1.17 bits per heavy atom. The van der Waals surface area contributed by atoms with Crippen LogP contribution in [0.15, 0.2) is 49.9 Å². The zero-order valence-electron chi connectivity index (χ0n) is 14.1. The molecule has 0 radical (unpaired) electrons. The molecule has 1 aromatic heterocycles. The van der Waals surface area contributed by atoms with Crippen molar-refractivity contribution in [2.24, 2.45) is 0 Å². The summed E-state index contributed by atoms with van der Waals surface area (Å²) in [5.41, 5.74) is 2.15. The molecule has 0 atom stereocenters. The number of rotatable bonds is 6. The fourth-order valence-electron chi connectivity index (χ4n) is 2.52. The highest BCUT2D eigenvalue weighted by Gasteiger charge is 2.13. The van der Waals surface area contributed by atoms with E-state index in [1.54, 1.807) is 6.08 Å². The van der Waals surface area contributed by atoms with Gasteiger partial charge in [0.2, 0.25) is 0 Å². The molecular weight excluding hydrogens is 324 g/mol. The molecule has 0 aliphatic heterocycles. The molecule has 0 aliphatic carbocycles. The third kappa shape index (κ3) is 4.27. The summed E-state index contributed by atoms with van der Waals surface area (Å²) in [5.74, 6) is 0. The van der Waals surface area contributed by atoms with Crippen LogP contribution in [-0.2, 0) is 13.0 Å². The van der Waals surface area contributed by atoms with Crippen molar-refractivity contribution < 1.29 is 5.11 Å². The highest BCUT2D eigenvalue weighted by Crippen LogP contribution is 2.28. The van der Waals surface area contributed by atoms with E-state index in [-0.39, 0.29) is 18.7 Å². The van der Waals surface area contributed by atoms with Gasteiger partial charge >= 0.3 is 5.69 Å². The minimum atomic E-state index is -0.438. The monoisotopic (exact) mass is 346 g/mol. The smallest absolute Gasteiger partial charge is 0.329 e. The lowest BCUT2D eigenvalue weighted by molar-refractivity contribution is 0.342. The zero-order chi connectivity index (χ0) is 17.7. The van der Waals surface area contributed by atoms with Gasteiger partial charge in [-0.25, -0.2) is 4.79 Å². The minimum Gasteiger partial charge on any atom is -0.392 e. The van der Waals surface area contributed by atoms with Crippen molar-refractivity contribution in [3.8, 4) is 0 Å². The van der Waals surface area contributed by atoms with Gasteiger partial charge in [-0.1, -0.05) is 36.9 Å². The van der Waals surface area contributed by atoms with Crippen molar-refractivity contribution in [3.63, 3.8) is 0 Å². The van der Waals surface area contributed by atoms with Gasteiger partial charge in [0.1, 0.15) is 0 Å². The highest BCUT2D eigenvalue weighted by atomic mass is 32.2. The lowest BCUT2D eigenvalue weighted by Crippen LogP contribution is -2.37. The van der Waals surface area contributed by atoms with E-state index in [4.69, 9.17) is 5.11 Å². The molecule has 2 N–H and O–H groups in total. The summed E-state index contributed by atoms with van der Waals surface area (Å²) in [5, 5.41) is 9.37. The first kappa shape index (κ1) is 18.3. The van der Waals surface area contributed by atoms with Crippen molar-refractivity contribution in [2.45, 2.75) is 43.7 Å². The van der Waals surface area contributed by atoms with Crippen LogP contribution in [0.4, 0.5) is 0 Å². The van der Waals surface area contributed by atoms with E-state index in [0.717, 1.165) is 20.6 Å². The fourth-order valence-corrected chi connectivity index (χ4v) is 3.74. The van der Waals surface area contributed by atoms with Crippen LogP contribution in [-0.4, -0.2) is 21.3 Å². The molecule has 2 aromatic rings. The lowest BCUT2D eigenvalue weighted by atomic mass is 10.2. The van der Waals surface area contributed by atoms with Crippen molar-refractivity contribution in [3.05, 3.63) is 67.9 Å². The molecule has 0 unspecified atom stereocenters. The molecule has 2 rings (SSSR count). The quantitative estimate of drug-likeness (QED) is 0.622. The molecule has 0 saturated heterocycles. The maximum absolute atomic E-state index is 12.6. The summed E-state index contributed by atoms with van der Waals surface area (Å²) in [6.45, 7) is 5.97. The number of hydrogen-bond donors (Lipinski definition) is 2. The summed E-state index contributed by atoms with van der Waals surface area (Å²) >= 11 is 1.41. The number of aryl methyl sites for hydroxylation is 2. The van der Waals surface area contributed by atoms with Gasteiger partial charge in [-0.15, -0.1) is 0 Å². The third-order valence-corrected chi connectivity index (χ3v) is 4.60. The summed E-state index contributed by atoms with van der Waals surface area (Å²) in [6, 6.07) is 6.15. The van der Waals surface area contributed by atoms with E-state index in [2.05, 4.69) is 11.1 Å². The molecule has 1 aromatic carbocycles. The fraction of sp³-hybridized carbons (Fsp3) is 0.333. The van der Waals surface area contributed by atoms with Crippen LogP contribution >= 0.6 is 11.8 Å². The molecule has 6 heteroatoms. The summed E-state index contributed by atoms with van der Waals surface area (Å²) in [7, 11) is 0. The Morgan fingerprint density at radius 3 is 2.42 bits per heavy atom. The second-order valence-electron chi connectivity index (χ2n) is 5.59. The first-order valence-corrected chi connectivity index (χ1v) is 8.66. The van der Waals surface area contributed by atoms with E-state index in [1.807, 2.05) is 32.9 Å². The first-order valence-electron chi connectivity index (χ1n) is 7.84. The van der Waals surface area contributed by atoms with Crippen LogP contribution < -0.4 is 11.2 Å². The number of benzene rings is 1. The van der Waals surface area contributed by atoms with Gasteiger partial charge in [-0.05, 0) is 43.5 Å². The molecule has 0 aliphatic rings. The number of H-pyrrole nitrogens is 1. The number of aromatic amines is 1.